The molecular weight excluding hydrogens is 271 g/mol. The first kappa shape index (κ1) is 14.3. The zero-order valence-electron chi connectivity index (χ0n) is 11.9. The summed E-state index contributed by atoms with van der Waals surface area (Å²) in [5.41, 5.74) is 0.847. The predicted molar refractivity (Wildman–Crippen MR) is 77.2 cm³/mol. The maximum Gasteiger partial charge on any atom is 0.315 e. The van der Waals surface area contributed by atoms with Crippen molar-refractivity contribution < 1.29 is 14.3 Å². The molecule has 0 aromatic heterocycles. The molecule has 2 fully saturated rings. The van der Waals surface area contributed by atoms with E-state index in [0.717, 1.165) is 31.2 Å². The Morgan fingerprint density at radius 2 is 2.00 bits per heavy atom. The minimum atomic E-state index is -0.267. The van der Waals surface area contributed by atoms with E-state index in [1.165, 1.54) is 12.1 Å². The second-order valence-electron chi connectivity index (χ2n) is 6.35. The summed E-state index contributed by atoms with van der Waals surface area (Å²) in [6.45, 7) is 0.632. The number of aliphatic hydroxyl groups is 1. The van der Waals surface area contributed by atoms with E-state index >= 15 is 0 Å². The molecule has 0 heterocycles. The summed E-state index contributed by atoms with van der Waals surface area (Å²) in [5, 5.41) is 15.1. The van der Waals surface area contributed by atoms with E-state index in [0.29, 0.717) is 12.5 Å². The van der Waals surface area contributed by atoms with Crippen molar-refractivity contribution in [2.24, 2.45) is 11.3 Å². The molecule has 0 bridgehead atoms. The van der Waals surface area contributed by atoms with E-state index in [1.54, 1.807) is 12.1 Å². The molecule has 3 N–H and O–H groups in total. The topological polar surface area (TPSA) is 61.4 Å². The van der Waals surface area contributed by atoms with Gasteiger partial charge in [-0.2, -0.15) is 0 Å². The van der Waals surface area contributed by atoms with Gasteiger partial charge in [-0.1, -0.05) is 12.1 Å². The van der Waals surface area contributed by atoms with E-state index in [1.807, 2.05) is 0 Å². The lowest BCUT2D eigenvalue weighted by Crippen LogP contribution is -2.41. The van der Waals surface area contributed by atoms with Crippen LogP contribution in [0.4, 0.5) is 9.18 Å². The molecule has 1 aromatic rings. The third kappa shape index (κ3) is 3.53. The fourth-order valence-corrected chi connectivity index (χ4v) is 2.60. The van der Waals surface area contributed by atoms with Crippen LogP contribution in [-0.2, 0) is 0 Å². The largest absolute Gasteiger partial charge is 0.396 e. The van der Waals surface area contributed by atoms with Gasteiger partial charge in [-0.25, -0.2) is 9.18 Å². The highest BCUT2D eigenvalue weighted by Gasteiger charge is 2.42. The van der Waals surface area contributed by atoms with Crippen LogP contribution in [0.25, 0.3) is 0 Å². The Balaban J connectivity index is 1.57. The Morgan fingerprint density at radius 1 is 1.33 bits per heavy atom. The first-order valence-corrected chi connectivity index (χ1v) is 7.53. The second-order valence-corrected chi connectivity index (χ2v) is 6.35. The molecule has 1 atom stereocenters. The number of amides is 2. The smallest absolute Gasteiger partial charge is 0.315 e. The lowest BCUT2D eigenvalue weighted by atomic mass is 10.0. The molecule has 2 amide bonds. The third-order valence-electron chi connectivity index (χ3n) is 4.53. The number of urea groups is 1. The van der Waals surface area contributed by atoms with Gasteiger partial charge in [-0.05, 0) is 49.3 Å². The summed E-state index contributed by atoms with van der Waals surface area (Å²) >= 11 is 0. The molecule has 114 valence electrons. The molecule has 0 radical (unpaired) electrons. The van der Waals surface area contributed by atoms with Gasteiger partial charge >= 0.3 is 6.03 Å². The van der Waals surface area contributed by atoms with Crippen LogP contribution >= 0.6 is 0 Å². The van der Waals surface area contributed by atoms with E-state index in [9.17, 15) is 14.3 Å². The Labute approximate surface area is 123 Å². The quantitative estimate of drug-likeness (QED) is 0.753. The van der Waals surface area contributed by atoms with Gasteiger partial charge in [0, 0.05) is 12.0 Å². The fourth-order valence-electron chi connectivity index (χ4n) is 2.60. The Hall–Kier alpha value is -1.62. The second kappa shape index (κ2) is 5.64. The number of halogens is 1. The van der Waals surface area contributed by atoms with Crippen LogP contribution < -0.4 is 10.6 Å². The molecule has 0 unspecified atom stereocenters. The molecule has 21 heavy (non-hydrogen) atoms. The van der Waals surface area contributed by atoms with Crippen molar-refractivity contribution in [3.05, 3.63) is 35.6 Å². The minimum absolute atomic E-state index is 0.0603. The van der Waals surface area contributed by atoms with Gasteiger partial charge < -0.3 is 15.7 Å². The molecule has 1 aromatic carbocycles. The maximum absolute atomic E-state index is 13.0. The van der Waals surface area contributed by atoms with Crippen molar-refractivity contribution in [1.29, 1.82) is 0 Å². The number of carbonyl (C=O) groups excluding carboxylic acids is 1. The Bertz CT molecular complexity index is 510. The highest BCUT2D eigenvalue weighted by molar-refractivity contribution is 5.74. The van der Waals surface area contributed by atoms with Crippen molar-refractivity contribution in [3.8, 4) is 0 Å². The minimum Gasteiger partial charge on any atom is -0.396 e. The lowest BCUT2D eigenvalue weighted by Gasteiger charge is -2.20. The SMILES string of the molecule is O=C(NCC1(CO)CC1)N[C@H](c1ccc(F)cc1)C1CC1. The van der Waals surface area contributed by atoms with Gasteiger partial charge in [0.2, 0.25) is 0 Å². The van der Waals surface area contributed by atoms with Crippen LogP contribution in [0, 0.1) is 17.2 Å². The van der Waals surface area contributed by atoms with Gasteiger partial charge in [0.15, 0.2) is 0 Å². The Morgan fingerprint density at radius 3 is 2.52 bits per heavy atom. The average molecular weight is 292 g/mol. The summed E-state index contributed by atoms with van der Waals surface area (Å²) in [6, 6.07) is 6.04. The fraction of sp³-hybridized carbons (Fsp3) is 0.562. The molecular formula is C16H21FN2O2. The third-order valence-corrected chi connectivity index (χ3v) is 4.53. The zero-order chi connectivity index (χ0) is 14.9. The molecule has 2 aliphatic carbocycles. The number of rotatable bonds is 6. The molecule has 5 heteroatoms. The van der Waals surface area contributed by atoms with Crippen LogP contribution in [0.1, 0.15) is 37.3 Å². The molecule has 0 saturated heterocycles. The summed E-state index contributed by atoms with van der Waals surface area (Å²) in [7, 11) is 0. The van der Waals surface area contributed by atoms with E-state index < -0.39 is 0 Å². The first-order valence-electron chi connectivity index (χ1n) is 7.53. The van der Waals surface area contributed by atoms with Crippen molar-refractivity contribution in [3.63, 3.8) is 0 Å². The highest BCUT2D eigenvalue weighted by atomic mass is 19.1. The molecule has 2 aliphatic rings. The van der Waals surface area contributed by atoms with Crippen LogP contribution in [0.2, 0.25) is 0 Å². The molecule has 2 saturated carbocycles. The normalized spacial score (nSPS) is 20.7. The first-order chi connectivity index (χ1) is 10.1. The van der Waals surface area contributed by atoms with Gasteiger partial charge in [0.1, 0.15) is 5.82 Å². The van der Waals surface area contributed by atoms with Gasteiger partial charge in [0.25, 0.3) is 0 Å². The molecule has 4 nitrogen and oxygen atoms in total. The van der Waals surface area contributed by atoms with Crippen LogP contribution in [0.15, 0.2) is 24.3 Å². The number of benzene rings is 1. The number of hydrogen-bond acceptors (Lipinski definition) is 2. The van der Waals surface area contributed by atoms with Crippen molar-refractivity contribution in [2.45, 2.75) is 31.7 Å². The van der Waals surface area contributed by atoms with Crippen LogP contribution in [0.5, 0.6) is 0 Å². The van der Waals surface area contributed by atoms with E-state index in [2.05, 4.69) is 10.6 Å². The Kier molecular flexibility index (Phi) is 3.85. The van der Waals surface area contributed by atoms with Gasteiger partial charge in [-0.15, -0.1) is 0 Å². The summed E-state index contributed by atoms with van der Waals surface area (Å²) < 4.78 is 13.0. The van der Waals surface area contributed by atoms with Crippen molar-refractivity contribution in [2.75, 3.05) is 13.2 Å². The standard InChI is InChI=1S/C16H21FN2O2/c17-13-5-3-12(4-6-13)14(11-1-2-11)19-15(21)18-9-16(10-20)7-8-16/h3-6,11,14,20H,1-2,7-10H2,(H2,18,19,21)/t14-/m0/s1. The predicted octanol–water partition coefficient (Wildman–Crippen LogP) is 2.35. The number of carbonyl (C=O) groups is 1. The summed E-state index contributed by atoms with van der Waals surface area (Å²) in [6.07, 6.45) is 4.10. The number of aliphatic hydroxyl groups excluding tert-OH is 1. The summed E-state index contributed by atoms with van der Waals surface area (Å²) in [5.74, 6) is 0.172. The lowest BCUT2D eigenvalue weighted by molar-refractivity contribution is 0.201. The monoisotopic (exact) mass is 292 g/mol. The zero-order valence-corrected chi connectivity index (χ0v) is 11.9. The average Bonchev–Trinajstić information content (AvgIpc) is 3.39. The van der Waals surface area contributed by atoms with Crippen molar-refractivity contribution >= 4 is 6.03 Å². The van der Waals surface area contributed by atoms with Crippen LogP contribution in [0.3, 0.4) is 0 Å². The number of nitrogens with one attached hydrogen (secondary N) is 2. The summed E-state index contributed by atoms with van der Waals surface area (Å²) in [4.78, 5) is 12.0. The van der Waals surface area contributed by atoms with Crippen molar-refractivity contribution in [1.82, 2.24) is 10.6 Å². The molecule has 3 rings (SSSR count). The molecule has 0 spiro atoms. The maximum atomic E-state index is 13.0. The highest BCUT2D eigenvalue weighted by Crippen LogP contribution is 2.44. The van der Waals surface area contributed by atoms with Crippen LogP contribution in [-0.4, -0.2) is 24.3 Å². The van der Waals surface area contributed by atoms with Gasteiger partial charge in [-0.3, -0.25) is 0 Å². The number of hydrogen-bond donors (Lipinski definition) is 3. The van der Waals surface area contributed by atoms with E-state index in [4.69, 9.17) is 0 Å². The van der Waals surface area contributed by atoms with Gasteiger partial charge in [0.05, 0.1) is 12.6 Å². The van der Waals surface area contributed by atoms with E-state index in [-0.39, 0.29) is 29.9 Å². The molecule has 0 aliphatic heterocycles.